The third kappa shape index (κ3) is 2.84. The zero-order valence-electron chi connectivity index (χ0n) is 19.0. The summed E-state index contributed by atoms with van der Waals surface area (Å²) >= 11 is 0. The van der Waals surface area contributed by atoms with Crippen LogP contribution in [0.4, 0.5) is 0 Å². The van der Waals surface area contributed by atoms with Gasteiger partial charge in [0.15, 0.2) is 0 Å². The number of Topliss-reactive ketones (excluding diaryl/α,β-unsaturated/α-hetero) is 1. The first-order chi connectivity index (χ1) is 16.4. The number of methoxy groups -OCH3 is 1. The second kappa shape index (κ2) is 7.56. The lowest BCUT2D eigenvalue weighted by Gasteiger charge is -2.43. The Morgan fingerprint density at radius 2 is 2.03 bits per heavy atom. The first-order valence-corrected chi connectivity index (χ1v) is 11.6. The van der Waals surface area contributed by atoms with Crippen molar-refractivity contribution in [3.8, 4) is 5.75 Å². The molecule has 1 spiro atoms. The van der Waals surface area contributed by atoms with E-state index in [9.17, 15) is 14.4 Å². The molecular formula is C26H26N2O6. The molecular weight excluding hydrogens is 436 g/mol. The number of rotatable bonds is 5. The molecule has 8 heteroatoms. The van der Waals surface area contributed by atoms with E-state index in [1.165, 1.54) is 0 Å². The number of benzene rings is 1. The molecule has 2 bridgehead atoms. The Hall–Kier alpha value is -3.39. The van der Waals surface area contributed by atoms with Gasteiger partial charge in [0.1, 0.15) is 22.9 Å². The van der Waals surface area contributed by atoms with Crippen LogP contribution < -0.4 is 10.1 Å². The fourth-order valence-electron chi connectivity index (χ4n) is 6.31. The number of piperidine rings is 1. The summed E-state index contributed by atoms with van der Waals surface area (Å²) < 4.78 is 17.2. The van der Waals surface area contributed by atoms with Gasteiger partial charge in [0.2, 0.25) is 11.8 Å². The van der Waals surface area contributed by atoms with Crippen molar-refractivity contribution < 1.29 is 28.3 Å². The number of ketones is 1. The van der Waals surface area contributed by atoms with Gasteiger partial charge in [0, 0.05) is 18.9 Å². The van der Waals surface area contributed by atoms with Crippen LogP contribution in [-0.4, -0.2) is 47.4 Å². The van der Waals surface area contributed by atoms with Crippen LogP contribution >= 0.6 is 0 Å². The summed E-state index contributed by atoms with van der Waals surface area (Å²) in [6.45, 7) is 2.19. The fraction of sp³-hybridized carbons (Fsp3) is 0.423. The average Bonchev–Trinajstić information content (AvgIpc) is 3.62. The molecule has 0 radical (unpaired) electrons. The molecule has 5 heterocycles. The van der Waals surface area contributed by atoms with Gasteiger partial charge in [-0.15, -0.1) is 0 Å². The van der Waals surface area contributed by atoms with E-state index in [4.69, 9.17) is 13.9 Å². The summed E-state index contributed by atoms with van der Waals surface area (Å²) in [5.41, 5.74) is -0.0553. The summed E-state index contributed by atoms with van der Waals surface area (Å²) in [5, 5.41) is 2.98. The quantitative estimate of drug-likeness (QED) is 0.686. The molecule has 4 aliphatic heterocycles. The number of nitrogens with zero attached hydrogens (tertiary/aromatic N) is 1. The molecule has 4 aliphatic rings. The maximum absolute atomic E-state index is 13.9. The number of carbonyl (C=O) groups is 3. The highest BCUT2D eigenvalue weighted by Gasteiger charge is 2.74. The molecule has 34 heavy (non-hydrogen) atoms. The van der Waals surface area contributed by atoms with Crippen molar-refractivity contribution in [3.63, 3.8) is 0 Å². The molecule has 0 unspecified atom stereocenters. The molecule has 0 saturated carbocycles. The number of amides is 2. The fourth-order valence-corrected chi connectivity index (χ4v) is 6.31. The van der Waals surface area contributed by atoms with Crippen molar-refractivity contribution in [2.45, 2.75) is 43.7 Å². The van der Waals surface area contributed by atoms with Gasteiger partial charge in [-0.2, -0.15) is 0 Å². The van der Waals surface area contributed by atoms with Crippen LogP contribution in [0.5, 0.6) is 5.75 Å². The van der Waals surface area contributed by atoms with Crippen LogP contribution in [0.15, 0.2) is 59.2 Å². The number of ether oxygens (including phenoxy) is 2. The van der Waals surface area contributed by atoms with E-state index < -0.39 is 41.5 Å². The van der Waals surface area contributed by atoms with E-state index in [0.29, 0.717) is 12.3 Å². The summed E-state index contributed by atoms with van der Waals surface area (Å²) in [4.78, 5) is 42.0. The summed E-state index contributed by atoms with van der Waals surface area (Å²) in [6.07, 6.45) is 5.04. The van der Waals surface area contributed by atoms with Crippen LogP contribution in [0, 0.1) is 17.8 Å². The number of hydrogen-bond acceptors (Lipinski definition) is 6. The SMILES string of the molecule is COc1ccc(CNC(=O)[C@H]2[C@@H]3C=C[C@]4(O3)[C@@H]3[C@H](C)C(=O)C[C@@H](c5ccco5)N3C(=O)[C@@H]24)cc1. The second-order valence-corrected chi connectivity index (χ2v) is 9.55. The van der Waals surface area contributed by atoms with Crippen molar-refractivity contribution >= 4 is 17.6 Å². The average molecular weight is 463 g/mol. The zero-order valence-corrected chi connectivity index (χ0v) is 19.0. The van der Waals surface area contributed by atoms with Crippen LogP contribution in [0.25, 0.3) is 0 Å². The molecule has 1 N–H and O–H groups in total. The molecule has 1 aromatic carbocycles. The molecule has 7 atom stereocenters. The van der Waals surface area contributed by atoms with E-state index in [1.54, 1.807) is 30.4 Å². The predicted octanol–water partition coefficient (Wildman–Crippen LogP) is 2.41. The van der Waals surface area contributed by atoms with Crippen molar-refractivity contribution in [1.82, 2.24) is 10.2 Å². The van der Waals surface area contributed by atoms with Gasteiger partial charge in [-0.1, -0.05) is 31.2 Å². The van der Waals surface area contributed by atoms with Gasteiger partial charge in [-0.3, -0.25) is 14.4 Å². The first kappa shape index (κ1) is 21.2. The van der Waals surface area contributed by atoms with E-state index in [1.807, 2.05) is 43.3 Å². The van der Waals surface area contributed by atoms with Gasteiger partial charge in [-0.25, -0.2) is 0 Å². The van der Waals surface area contributed by atoms with Gasteiger partial charge in [0.25, 0.3) is 0 Å². The second-order valence-electron chi connectivity index (χ2n) is 9.55. The summed E-state index contributed by atoms with van der Waals surface area (Å²) in [5.74, 6) is -0.709. The smallest absolute Gasteiger partial charge is 0.230 e. The zero-order chi connectivity index (χ0) is 23.6. The number of hydrogen-bond donors (Lipinski definition) is 1. The largest absolute Gasteiger partial charge is 0.497 e. The van der Waals surface area contributed by atoms with Gasteiger partial charge >= 0.3 is 0 Å². The molecule has 2 amide bonds. The Bertz CT molecular complexity index is 1170. The van der Waals surface area contributed by atoms with Gasteiger partial charge in [-0.05, 0) is 29.8 Å². The van der Waals surface area contributed by atoms with Crippen LogP contribution in [0.2, 0.25) is 0 Å². The molecule has 3 saturated heterocycles. The standard InChI is InChI=1S/C26H26N2O6/c1-14-18(29)12-17(19-4-3-11-33-19)28-23(14)26-10-9-20(34-26)21(22(26)25(28)31)24(30)27-13-15-5-7-16(32-2)8-6-15/h3-11,14,17,20-23H,12-13H2,1-2H3,(H,27,30)/t14-,17+,20+,21+,22-,23+,26-/m1/s1. The number of nitrogens with one attached hydrogen (secondary N) is 1. The Morgan fingerprint density at radius 3 is 2.74 bits per heavy atom. The Balaban J connectivity index is 1.29. The minimum Gasteiger partial charge on any atom is -0.497 e. The van der Waals surface area contributed by atoms with Crippen molar-refractivity contribution in [2.24, 2.45) is 17.8 Å². The lowest BCUT2D eigenvalue weighted by atomic mass is 9.70. The highest BCUT2D eigenvalue weighted by atomic mass is 16.5. The lowest BCUT2D eigenvalue weighted by molar-refractivity contribution is -0.148. The third-order valence-corrected chi connectivity index (χ3v) is 7.88. The normalized spacial score (nSPS) is 35.4. The molecule has 8 nitrogen and oxygen atoms in total. The molecule has 176 valence electrons. The number of furan rings is 1. The first-order valence-electron chi connectivity index (χ1n) is 11.6. The van der Waals surface area contributed by atoms with Crippen molar-refractivity contribution in [3.05, 3.63) is 66.1 Å². The topological polar surface area (TPSA) is 98.1 Å². The van der Waals surface area contributed by atoms with E-state index in [0.717, 1.165) is 11.3 Å². The maximum Gasteiger partial charge on any atom is 0.230 e. The minimum atomic E-state index is -0.982. The lowest BCUT2D eigenvalue weighted by Crippen LogP contribution is -2.55. The highest BCUT2D eigenvalue weighted by Crippen LogP contribution is 2.59. The van der Waals surface area contributed by atoms with Crippen molar-refractivity contribution in [1.29, 1.82) is 0 Å². The number of fused-ring (bicyclic) bond motifs is 2. The van der Waals surface area contributed by atoms with Crippen LogP contribution in [0.3, 0.4) is 0 Å². The third-order valence-electron chi connectivity index (χ3n) is 7.88. The molecule has 0 aliphatic carbocycles. The van der Waals surface area contributed by atoms with Crippen molar-refractivity contribution in [2.75, 3.05) is 7.11 Å². The molecule has 1 aromatic heterocycles. The van der Waals surface area contributed by atoms with Crippen LogP contribution in [-0.2, 0) is 25.7 Å². The minimum absolute atomic E-state index is 0.0679. The summed E-state index contributed by atoms with van der Waals surface area (Å²) in [6, 6.07) is 10.0. The van der Waals surface area contributed by atoms with E-state index in [2.05, 4.69) is 5.32 Å². The maximum atomic E-state index is 13.9. The van der Waals surface area contributed by atoms with Crippen LogP contribution in [0.1, 0.15) is 30.7 Å². The molecule has 2 aromatic rings. The Kier molecular flexibility index (Phi) is 4.71. The number of carbonyl (C=O) groups excluding carboxylic acids is 3. The highest BCUT2D eigenvalue weighted by molar-refractivity contribution is 5.96. The Labute approximate surface area is 196 Å². The Morgan fingerprint density at radius 1 is 1.24 bits per heavy atom. The molecule has 3 fully saturated rings. The van der Waals surface area contributed by atoms with E-state index in [-0.39, 0.29) is 24.0 Å². The van der Waals surface area contributed by atoms with Gasteiger partial charge in [0.05, 0.1) is 43.4 Å². The predicted molar refractivity (Wildman–Crippen MR) is 119 cm³/mol. The molecule has 6 rings (SSSR count). The van der Waals surface area contributed by atoms with Gasteiger partial charge < -0.3 is 24.1 Å². The monoisotopic (exact) mass is 462 g/mol. The summed E-state index contributed by atoms with van der Waals surface area (Å²) in [7, 11) is 1.60. The van der Waals surface area contributed by atoms with E-state index >= 15 is 0 Å².